The average Bonchev–Trinajstić information content (AvgIpc) is 2.34. The van der Waals surface area contributed by atoms with Gasteiger partial charge >= 0.3 is 0 Å². The van der Waals surface area contributed by atoms with Crippen LogP contribution in [0.2, 0.25) is 0 Å². The summed E-state index contributed by atoms with van der Waals surface area (Å²) in [4.78, 5) is 0. The summed E-state index contributed by atoms with van der Waals surface area (Å²) >= 11 is 5.61. The van der Waals surface area contributed by atoms with Crippen LogP contribution in [0.5, 0.6) is 0 Å². The second kappa shape index (κ2) is 3.46. The highest BCUT2D eigenvalue weighted by Crippen LogP contribution is 2.36. The summed E-state index contributed by atoms with van der Waals surface area (Å²) in [6, 6.07) is 0. The van der Waals surface area contributed by atoms with Crippen molar-refractivity contribution in [3.8, 4) is 0 Å². The monoisotopic (exact) mass is 198 g/mol. The standard InChI is InChI=1S/C8H13ClF2O/c1-7(10,11)5-8(6-9)3-2-4-12-8/h2-6H2,1H3. The van der Waals surface area contributed by atoms with Crippen molar-refractivity contribution in [1.29, 1.82) is 0 Å². The zero-order chi connectivity index (χ0) is 9.24. The maximum Gasteiger partial charge on any atom is 0.248 e. The molecular weight excluding hydrogens is 186 g/mol. The SMILES string of the molecule is CC(F)(F)CC1(CCl)CCCO1. The van der Waals surface area contributed by atoms with E-state index in [1.54, 1.807) is 0 Å². The molecule has 1 saturated heterocycles. The van der Waals surface area contributed by atoms with Crippen molar-refractivity contribution in [3.05, 3.63) is 0 Å². The molecule has 72 valence electrons. The predicted molar refractivity (Wildman–Crippen MR) is 43.9 cm³/mol. The number of hydrogen-bond acceptors (Lipinski definition) is 1. The van der Waals surface area contributed by atoms with Crippen LogP contribution in [0.4, 0.5) is 8.78 Å². The Morgan fingerprint density at radius 2 is 2.25 bits per heavy atom. The second-order valence-corrected chi connectivity index (χ2v) is 3.78. The molecule has 0 spiro atoms. The summed E-state index contributed by atoms with van der Waals surface area (Å²) in [7, 11) is 0. The van der Waals surface area contributed by atoms with Gasteiger partial charge < -0.3 is 4.74 Å². The third-order valence-corrected chi connectivity index (χ3v) is 2.55. The minimum atomic E-state index is -2.68. The molecule has 0 radical (unpaired) electrons. The maximum atomic E-state index is 12.7. The maximum absolute atomic E-state index is 12.7. The van der Waals surface area contributed by atoms with Crippen LogP contribution < -0.4 is 0 Å². The zero-order valence-corrected chi connectivity index (χ0v) is 7.83. The Kier molecular flexibility index (Phi) is 2.94. The Labute approximate surface area is 76.0 Å². The molecule has 0 aliphatic carbocycles. The van der Waals surface area contributed by atoms with Gasteiger partial charge in [0.1, 0.15) is 0 Å². The third kappa shape index (κ3) is 2.56. The molecule has 0 saturated carbocycles. The topological polar surface area (TPSA) is 9.23 Å². The van der Waals surface area contributed by atoms with Gasteiger partial charge in [-0.3, -0.25) is 0 Å². The average molecular weight is 199 g/mol. The summed E-state index contributed by atoms with van der Waals surface area (Å²) in [5.74, 6) is -2.52. The number of rotatable bonds is 3. The highest BCUT2D eigenvalue weighted by molar-refractivity contribution is 6.18. The summed E-state index contributed by atoms with van der Waals surface area (Å²) < 4.78 is 30.6. The van der Waals surface area contributed by atoms with Crippen molar-refractivity contribution in [2.75, 3.05) is 12.5 Å². The molecule has 0 aromatic heterocycles. The van der Waals surface area contributed by atoms with Gasteiger partial charge in [0.25, 0.3) is 0 Å². The van der Waals surface area contributed by atoms with Crippen LogP contribution in [0.3, 0.4) is 0 Å². The van der Waals surface area contributed by atoms with Gasteiger partial charge in [0.2, 0.25) is 5.92 Å². The molecule has 0 aromatic carbocycles. The van der Waals surface area contributed by atoms with Crippen LogP contribution in [0, 0.1) is 0 Å². The van der Waals surface area contributed by atoms with Crippen molar-refractivity contribution in [1.82, 2.24) is 0 Å². The fourth-order valence-corrected chi connectivity index (χ4v) is 1.92. The molecule has 1 heterocycles. The lowest BCUT2D eigenvalue weighted by Gasteiger charge is -2.28. The first-order chi connectivity index (χ1) is 5.47. The van der Waals surface area contributed by atoms with E-state index < -0.39 is 11.5 Å². The van der Waals surface area contributed by atoms with E-state index in [0.717, 1.165) is 13.3 Å². The van der Waals surface area contributed by atoms with Gasteiger partial charge in [0.15, 0.2) is 0 Å². The highest BCUT2D eigenvalue weighted by Gasteiger charge is 2.41. The summed E-state index contributed by atoms with van der Waals surface area (Å²) in [5, 5.41) is 0. The van der Waals surface area contributed by atoms with E-state index in [-0.39, 0.29) is 12.3 Å². The number of hydrogen-bond donors (Lipinski definition) is 0. The molecule has 1 aliphatic heterocycles. The van der Waals surface area contributed by atoms with Crippen molar-refractivity contribution in [2.24, 2.45) is 0 Å². The van der Waals surface area contributed by atoms with Crippen molar-refractivity contribution >= 4 is 11.6 Å². The van der Waals surface area contributed by atoms with E-state index >= 15 is 0 Å². The fraction of sp³-hybridized carbons (Fsp3) is 1.00. The molecule has 1 fully saturated rings. The summed E-state index contributed by atoms with van der Waals surface area (Å²) in [6.07, 6.45) is 1.23. The largest absolute Gasteiger partial charge is 0.374 e. The van der Waals surface area contributed by atoms with Crippen molar-refractivity contribution in [3.63, 3.8) is 0 Å². The van der Waals surface area contributed by atoms with Gasteiger partial charge in [0.05, 0.1) is 11.5 Å². The van der Waals surface area contributed by atoms with E-state index in [2.05, 4.69) is 0 Å². The zero-order valence-electron chi connectivity index (χ0n) is 7.08. The van der Waals surface area contributed by atoms with E-state index in [0.29, 0.717) is 13.0 Å². The lowest BCUT2D eigenvalue weighted by atomic mass is 9.95. The van der Waals surface area contributed by atoms with Gasteiger partial charge in [-0.15, -0.1) is 11.6 Å². The molecule has 1 nitrogen and oxygen atoms in total. The number of alkyl halides is 3. The number of halogens is 3. The lowest BCUT2D eigenvalue weighted by molar-refractivity contribution is -0.0775. The molecule has 1 aliphatic rings. The quantitative estimate of drug-likeness (QED) is 0.634. The van der Waals surface area contributed by atoms with E-state index in [4.69, 9.17) is 16.3 Å². The smallest absolute Gasteiger partial charge is 0.248 e. The molecule has 1 rings (SSSR count). The molecule has 0 bridgehead atoms. The Hall–Kier alpha value is 0.110. The Morgan fingerprint density at radius 3 is 2.58 bits per heavy atom. The molecule has 0 amide bonds. The van der Waals surface area contributed by atoms with Gasteiger partial charge in [-0.05, 0) is 19.8 Å². The molecule has 1 atom stereocenters. The van der Waals surface area contributed by atoms with Crippen molar-refractivity contribution < 1.29 is 13.5 Å². The van der Waals surface area contributed by atoms with Gasteiger partial charge in [-0.2, -0.15) is 0 Å². The van der Waals surface area contributed by atoms with Crippen LogP contribution in [-0.2, 0) is 4.74 Å². The highest BCUT2D eigenvalue weighted by atomic mass is 35.5. The molecule has 0 N–H and O–H groups in total. The normalized spacial score (nSPS) is 31.0. The first-order valence-corrected chi connectivity index (χ1v) is 4.59. The lowest BCUT2D eigenvalue weighted by Crippen LogP contribution is -2.36. The van der Waals surface area contributed by atoms with Gasteiger partial charge in [0, 0.05) is 13.0 Å². The van der Waals surface area contributed by atoms with Crippen molar-refractivity contribution in [2.45, 2.75) is 37.7 Å². The van der Waals surface area contributed by atoms with Crippen LogP contribution in [0.1, 0.15) is 26.2 Å². The molecular formula is C8H13ClF2O. The van der Waals surface area contributed by atoms with Gasteiger partial charge in [-0.25, -0.2) is 8.78 Å². The summed E-state index contributed by atoms with van der Waals surface area (Å²) in [5.41, 5.74) is -0.764. The van der Waals surface area contributed by atoms with Crippen LogP contribution in [0.25, 0.3) is 0 Å². The van der Waals surface area contributed by atoms with E-state index in [1.807, 2.05) is 0 Å². The first kappa shape index (κ1) is 10.2. The molecule has 1 unspecified atom stereocenters. The van der Waals surface area contributed by atoms with Crippen LogP contribution in [-0.4, -0.2) is 24.0 Å². The minimum absolute atomic E-state index is 0.163. The minimum Gasteiger partial charge on any atom is -0.374 e. The van der Waals surface area contributed by atoms with Crippen LogP contribution >= 0.6 is 11.6 Å². The Bertz CT molecular complexity index is 150. The second-order valence-electron chi connectivity index (χ2n) is 3.52. The summed E-state index contributed by atoms with van der Waals surface area (Å²) in [6.45, 7) is 1.46. The van der Waals surface area contributed by atoms with Crippen LogP contribution in [0.15, 0.2) is 0 Å². The predicted octanol–water partition coefficient (Wildman–Crippen LogP) is 2.82. The van der Waals surface area contributed by atoms with E-state index in [9.17, 15) is 8.78 Å². The molecule has 12 heavy (non-hydrogen) atoms. The number of ether oxygens (including phenoxy) is 1. The molecule has 0 aromatic rings. The first-order valence-electron chi connectivity index (χ1n) is 4.05. The fourth-order valence-electron chi connectivity index (χ4n) is 1.61. The molecule has 4 heteroatoms. The Morgan fingerprint density at radius 1 is 1.58 bits per heavy atom. The van der Waals surface area contributed by atoms with Gasteiger partial charge in [-0.1, -0.05) is 0 Å². The third-order valence-electron chi connectivity index (χ3n) is 2.06. The van der Waals surface area contributed by atoms with E-state index in [1.165, 1.54) is 0 Å². The Balaban J connectivity index is 2.55.